The van der Waals surface area contributed by atoms with Gasteiger partial charge in [0.1, 0.15) is 6.23 Å². The van der Waals surface area contributed by atoms with Crippen LogP contribution in [0.4, 0.5) is 0 Å². The van der Waals surface area contributed by atoms with Gasteiger partial charge in [0.2, 0.25) is 5.91 Å². The van der Waals surface area contributed by atoms with Crippen LogP contribution in [0, 0.1) is 0 Å². The fourth-order valence-corrected chi connectivity index (χ4v) is 2.98. The Labute approximate surface area is 106 Å². The molecular weight excluding hydrogens is 230 g/mol. The summed E-state index contributed by atoms with van der Waals surface area (Å²) in [6.07, 6.45) is 3.15. The third kappa shape index (κ3) is 3.19. The molecule has 1 aliphatic heterocycles. The number of hydrogen-bond acceptors (Lipinski definition) is 2. The molecule has 0 aliphatic carbocycles. The molecule has 98 valence electrons. The zero-order valence-electron chi connectivity index (χ0n) is 11.7. The van der Waals surface area contributed by atoms with E-state index in [-0.39, 0.29) is 17.2 Å². The maximum Gasteiger partial charge on any atom is 0.225 e. The largest absolute Gasteiger partial charge is 0.397 e. The van der Waals surface area contributed by atoms with Crippen LogP contribution in [0.15, 0.2) is 12.7 Å². The highest BCUT2D eigenvalue weighted by Gasteiger charge is 2.42. The lowest BCUT2D eigenvalue weighted by molar-refractivity contribution is -0.131. The summed E-state index contributed by atoms with van der Waals surface area (Å²) in [4.78, 5) is 13.5. The normalized spacial score (nSPS) is 22.1. The van der Waals surface area contributed by atoms with Crippen molar-refractivity contribution < 1.29 is 9.22 Å². The van der Waals surface area contributed by atoms with Gasteiger partial charge in [0, 0.05) is 19.4 Å². The van der Waals surface area contributed by atoms with E-state index in [2.05, 4.69) is 40.4 Å². The van der Waals surface area contributed by atoms with Crippen LogP contribution in [0.3, 0.4) is 0 Å². The Morgan fingerprint density at radius 3 is 2.59 bits per heavy atom. The molecule has 1 atom stereocenters. The summed E-state index contributed by atoms with van der Waals surface area (Å²) in [7, 11) is -1.80. The molecule has 0 spiro atoms. The average molecular weight is 255 g/mol. The third-order valence-electron chi connectivity index (χ3n) is 3.84. The van der Waals surface area contributed by atoms with Gasteiger partial charge in [-0.1, -0.05) is 26.8 Å². The number of hydrogen-bond donors (Lipinski definition) is 0. The summed E-state index contributed by atoms with van der Waals surface area (Å²) in [5, 5.41) is 0.179. The highest BCUT2D eigenvalue weighted by atomic mass is 28.4. The molecule has 0 aromatic heterocycles. The molecule has 1 aliphatic rings. The minimum atomic E-state index is -1.80. The first-order valence-corrected chi connectivity index (χ1v) is 9.18. The summed E-state index contributed by atoms with van der Waals surface area (Å²) in [5.41, 5.74) is 0. The zero-order chi connectivity index (χ0) is 13.3. The molecule has 1 heterocycles. The lowest BCUT2D eigenvalue weighted by Gasteiger charge is -2.40. The van der Waals surface area contributed by atoms with Gasteiger partial charge < -0.3 is 9.33 Å². The second-order valence-corrected chi connectivity index (χ2v) is 11.0. The Morgan fingerprint density at radius 2 is 2.12 bits per heavy atom. The number of likely N-dealkylation sites (tertiary alicyclic amines) is 1. The lowest BCUT2D eigenvalue weighted by Crippen LogP contribution is -2.48. The molecule has 0 radical (unpaired) electrons. The third-order valence-corrected chi connectivity index (χ3v) is 8.31. The van der Waals surface area contributed by atoms with Crippen molar-refractivity contribution in [3.63, 3.8) is 0 Å². The molecule has 1 amide bonds. The molecule has 17 heavy (non-hydrogen) atoms. The Kier molecular flexibility index (Phi) is 4.20. The molecule has 0 bridgehead atoms. The summed E-state index contributed by atoms with van der Waals surface area (Å²) in [6.45, 7) is 15.4. The number of amides is 1. The topological polar surface area (TPSA) is 29.5 Å². The molecule has 0 aromatic rings. The summed E-state index contributed by atoms with van der Waals surface area (Å²) in [5.74, 6) is 0.189. The van der Waals surface area contributed by atoms with Crippen molar-refractivity contribution in [1.82, 2.24) is 4.90 Å². The molecule has 4 heteroatoms. The van der Waals surface area contributed by atoms with Crippen LogP contribution >= 0.6 is 0 Å². The first kappa shape index (κ1) is 14.4. The van der Waals surface area contributed by atoms with Gasteiger partial charge in [0.05, 0.1) is 0 Å². The van der Waals surface area contributed by atoms with E-state index in [9.17, 15) is 4.79 Å². The van der Waals surface area contributed by atoms with Crippen molar-refractivity contribution in [2.45, 2.75) is 58.0 Å². The van der Waals surface area contributed by atoms with Gasteiger partial charge in [-0.2, -0.15) is 0 Å². The highest BCUT2D eigenvalue weighted by Crippen LogP contribution is 2.39. The summed E-state index contributed by atoms with van der Waals surface area (Å²) in [6, 6.07) is 0. The van der Waals surface area contributed by atoms with Gasteiger partial charge in [-0.3, -0.25) is 4.79 Å². The lowest BCUT2D eigenvalue weighted by atomic mass is 10.2. The molecule has 1 rings (SSSR count). The van der Waals surface area contributed by atoms with Crippen LogP contribution in [0.25, 0.3) is 0 Å². The number of rotatable bonds is 4. The van der Waals surface area contributed by atoms with Crippen molar-refractivity contribution in [1.29, 1.82) is 0 Å². The minimum Gasteiger partial charge on any atom is -0.397 e. The van der Waals surface area contributed by atoms with Crippen molar-refractivity contribution in [3.8, 4) is 0 Å². The number of carbonyl (C=O) groups excluding carboxylic acids is 1. The molecule has 0 unspecified atom stereocenters. The number of nitrogens with zero attached hydrogens (tertiary/aromatic N) is 1. The van der Waals surface area contributed by atoms with E-state index in [1.165, 1.54) is 0 Å². The smallest absolute Gasteiger partial charge is 0.225 e. The first-order chi connectivity index (χ1) is 7.69. The molecule has 1 fully saturated rings. The molecule has 1 saturated heterocycles. The summed E-state index contributed by atoms with van der Waals surface area (Å²) < 4.78 is 6.30. The van der Waals surface area contributed by atoms with E-state index in [0.717, 1.165) is 6.42 Å². The Hall–Kier alpha value is -0.613. The number of carbonyl (C=O) groups is 1. The van der Waals surface area contributed by atoms with E-state index in [1.54, 1.807) is 6.08 Å². The fraction of sp³-hybridized carbons (Fsp3) is 0.769. The molecular formula is C13H25NO2Si. The van der Waals surface area contributed by atoms with Crippen LogP contribution in [0.1, 0.15) is 33.6 Å². The highest BCUT2D eigenvalue weighted by molar-refractivity contribution is 6.74. The van der Waals surface area contributed by atoms with Crippen molar-refractivity contribution >= 4 is 14.2 Å². The average Bonchev–Trinajstić information content (AvgIpc) is 2.48. The van der Waals surface area contributed by atoms with E-state index < -0.39 is 8.32 Å². The maximum absolute atomic E-state index is 11.7. The van der Waals surface area contributed by atoms with E-state index in [4.69, 9.17) is 4.43 Å². The minimum absolute atomic E-state index is 0.0404. The van der Waals surface area contributed by atoms with E-state index >= 15 is 0 Å². The van der Waals surface area contributed by atoms with Gasteiger partial charge in [0.15, 0.2) is 8.32 Å². The zero-order valence-corrected chi connectivity index (χ0v) is 12.7. The van der Waals surface area contributed by atoms with Gasteiger partial charge >= 0.3 is 0 Å². The van der Waals surface area contributed by atoms with Crippen LogP contribution < -0.4 is 0 Å². The van der Waals surface area contributed by atoms with Crippen molar-refractivity contribution in [2.24, 2.45) is 0 Å². The molecule has 3 nitrogen and oxygen atoms in total. The standard InChI is InChI=1S/C13H25NO2Si/c1-7-10-14-11(15)8-9-12(14)16-17(5,6)13(2,3)4/h7,12H,1,8-10H2,2-6H3/t12-/m1/s1. The van der Waals surface area contributed by atoms with E-state index in [1.807, 2.05) is 4.90 Å². The quantitative estimate of drug-likeness (QED) is 0.570. The van der Waals surface area contributed by atoms with Crippen LogP contribution in [-0.2, 0) is 9.22 Å². The van der Waals surface area contributed by atoms with Gasteiger partial charge in [-0.15, -0.1) is 6.58 Å². The van der Waals surface area contributed by atoms with Crippen LogP contribution in [-0.4, -0.2) is 31.9 Å². The van der Waals surface area contributed by atoms with Gasteiger partial charge in [-0.05, 0) is 18.1 Å². The molecule has 0 aromatic carbocycles. The Bertz CT molecular complexity index is 307. The first-order valence-electron chi connectivity index (χ1n) is 6.27. The molecule has 0 N–H and O–H groups in total. The second-order valence-electron chi connectivity index (χ2n) is 6.21. The summed E-state index contributed by atoms with van der Waals surface area (Å²) >= 11 is 0. The van der Waals surface area contributed by atoms with Crippen LogP contribution in [0.2, 0.25) is 18.1 Å². The monoisotopic (exact) mass is 255 g/mol. The second kappa shape index (κ2) is 4.94. The van der Waals surface area contributed by atoms with E-state index in [0.29, 0.717) is 13.0 Å². The SMILES string of the molecule is C=CCN1C(=O)CC[C@H]1O[Si](C)(C)C(C)(C)C. The molecule has 0 saturated carbocycles. The van der Waals surface area contributed by atoms with Crippen molar-refractivity contribution in [2.75, 3.05) is 6.54 Å². The predicted octanol–water partition coefficient (Wildman–Crippen LogP) is 3.14. The fourth-order valence-electron chi connectivity index (χ4n) is 1.70. The van der Waals surface area contributed by atoms with Gasteiger partial charge in [-0.25, -0.2) is 0 Å². The van der Waals surface area contributed by atoms with Crippen molar-refractivity contribution in [3.05, 3.63) is 12.7 Å². The van der Waals surface area contributed by atoms with Gasteiger partial charge in [0.25, 0.3) is 0 Å². The Balaban J connectivity index is 2.74. The Morgan fingerprint density at radius 1 is 1.53 bits per heavy atom. The predicted molar refractivity (Wildman–Crippen MR) is 73.2 cm³/mol. The maximum atomic E-state index is 11.7. The van der Waals surface area contributed by atoms with Crippen LogP contribution in [0.5, 0.6) is 0 Å².